The molecule has 1 saturated heterocycles. The first-order valence-electron chi connectivity index (χ1n) is 12.0. The number of anilines is 1. The second-order valence-electron chi connectivity index (χ2n) is 9.10. The molecule has 0 saturated carbocycles. The van der Waals surface area contributed by atoms with Crippen molar-refractivity contribution < 1.29 is 18.7 Å². The van der Waals surface area contributed by atoms with Crippen LogP contribution >= 0.6 is 0 Å². The molecule has 2 heterocycles. The van der Waals surface area contributed by atoms with Crippen LogP contribution in [0.15, 0.2) is 72.8 Å². The fraction of sp³-hybridized carbons (Fsp3) is 0.286. The summed E-state index contributed by atoms with van der Waals surface area (Å²) >= 11 is 0. The molecule has 0 aliphatic carbocycles. The van der Waals surface area contributed by atoms with E-state index in [1.165, 1.54) is 7.11 Å². The minimum atomic E-state index is -1.01. The third-order valence-electron chi connectivity index (χ3n) is 6.51. The number of hydrogen-bond acceptors (Lipinski definition) is 5. The number of aromatic amines is 1. The first-order chi connectivity index (χ1) is 17.5. The van der Waals surface area contributed by atoms with Crippen molar-refractivity contribution in [3.05, 3.63) is 78.4 Å². The number of methoxy groups -OCH3 is 1. The van der Waals surface area contributed by atoms with Gasteiger partial charge in [0, 0.05) is 36.8 Å². The largest absolute Gasteiger partial charge is 0.487 e. The van der Waals surface area contributed by atoms with E-state index in [2.05, 4.69) is 15.5 Å². The lowest BCUT2D eigenvalue weighted by Crippen LogP contribution is -2.45. The Morgan fingerprint density at radius 1 is 1.14 bits per heavy atom. The van der Waals surface area contributed by atoms with E-state index in [0.717, 1.165) is 34.3 Å². The van der Waals surface area contributed by atoms with Crippen LogP contribution in [0.4, 0.5) is 10.1 Å². The summed E-state index contributed by atoms with van der Waals surface area (Å²) in [6, 6.07) is 22.5. The predicted octanol–water partition coefficient (Wildman–Crippen LogP) is 4.98. The molecule has 3 aromatic carbocycles. The van der Waals surface area contributed by atoms with Crippen molar-refractivity contribution >= 4 is 22.5 Å². The number of halogens is 1. The quantitative estimate of drug-likeness (QED) is 0.384. The zero-order chi connectivity index (χ0) is 25.1. The van der Waals surface area contributed by atoms with Crippen LogP contribution in [0.3, 0.4) is 0 Å². The van der Waals surface area contributed by atoms with E-state index in [9.17, 15) is 9.18 Å². The zero-order valence-corrected chi connectivity index (χ0v) is 20.3. The van der Waals surface area contributed by atoms with Crippen molar-refractivity contribution in [2.45, 2.75) is 24.8 Å². The average molecular weight is 489 g/mol. The normalized spacial score (nSPS) is 19.2. The maximum atomic E-state index is 14.3. The Morgan fingerprint density at radius 2 is 1.92 bits per heavy atom. The van der Waals surface area contributed by atoms with Gasteiger partial charge < -0.3 is 19.7 Å². The van der Waals surface area contributed by atoms with Gasteiger partial charge in [0.15, 0.2) is 6.10 Å². The highest BCUT2D eigenvalue weighted by molar-refractivity contribution is 5.99. The Bertz CT molecular complexity index is 1330. The second kappa shape index (κ2) is 10.5. The van der Waals surface area contributed by atoms with Gasteiger partial charge in [-0.3, -0.25) is 9.89 Å². The molecule has 1 amide bonds. The molecular formula is C28H29FN4O3. The predicted molar refractivity (Wildman–Crippen MR) is 138 cm³/mol. The molecule has 5 rings (SSSR count). The Hall–Kier alpha value is -3.75. The number of carbonyl (C=O) groups is 1. The summed E-state index contributed by atoms with van der Waals surface area (Å²) in [5.41, 5.74) is 3.91. The van der Waals surface area contributed by atoms with Crippen LogP contribution in [0.1, 0.15) is 18.1 Å². The number of piperidine rings is 1. The summed E-state index contributed by atoms with van der Waals surface area (Å²) in [4.78, 5) is 14.9. The van der Waals surface area contributed by atoms with Crippen molar-refractivity contribution in [2.24, 2.45) is 0 Å². The standard InChI is InChI=1S/C28H29FN4O3/c1-33-15-14-25(23(29)17-33)36-21-11-8-18(9-12-21)26-22-16-20(10-13-24(22)31-32-26)30-28(34)27(35-2)19-6-4-3-5-7-19/h3-13,16,23,25,27H,14-15,17H2,1-2H3,(H,30,34)(H,31,32)/t23-,25-,27-/m1/s1. The van der Waals surface area contributed by atoms with Gasteiger partial charge in [-0.25, -0.2) is 4.39 Å². The lowest BCUT2D eigenvalue weighted by atomic mass is 10.1. The van der Waals surface area contributed by atoms with Crippen LogP contribution in [0.5, 0.6) is 5.75 Å². The van der Waals surface area contributed by atoms with Crippen LogP contribution in [-0.2, 0) is 9.53 Å². The molecule has 2 N–H and O–H groups in total. The summed E-state index contributed by atoms with van der Waals surface area (Å²) in [5, 5.41) is 11.3. The number of nitrogens with zero attached hydrogens (tertiary/aromatic N) is 2. The molecule has 1 fully saturated rings. The summed E-state index contributed by atoms with van der Waals surface area (Å²) in [6.45, 7) is 1.20. The zero-order valence-electron chi connectivity index (χ0n) is 20.3. The lowest BCUT2D eigenvalue weighted by molar-refractivity contribution is -0.126. The molecule has 0 bridgehead atoms. The van der Waals surface area contributed by atoms with Crippen LogP contribution in [0.2, 0.25) is 0 Å². The molecule has 0 unspecified atom stereocenters. The highest BCUT2D eigenvalue weighted by Gasteiger charge is 2.29. The van der Waals surface area contributed by atoms with E-state index >= 15 is 0 Å². The number of hydrogen-bond donors (Lipinski definition) is 2. The minimum Gasteiger partial charge on any atom is -0.487 e. The van der Waals surface area contributed by atoms with Crippen molar-refractivity contribution in [1.29, 1.82) is 0 Å². The molecule has 7 nitrogen and oxygen atoms in total. The van der Waals surface area contributed by atoms with E-state index in [4.69, 9.17) is 9.47 Å². The van der Waals surface area contributed by atoms with Crippen molar-refractivity contribution in [3.63, 3.8) is 0 Å². The number of benzene rings is 3. The minimum absolute atomic E-state index is 0.255. The third kappa shape index (κ3) is 5.10. The van der Waals surface area contributed by atoms with Crippen LogP contribution in [-0.4, -0.2) is 60.5 Å². The van der Waals surface area contributed by atoms with Crippen molar-refractivity contribution in [3.8, 4) is 17.0 Å². The van der Waals surface area contributed by atoms with Gasteiger partial charge in [-0.1, -0.05) is 30.3 Å². The van der Waals surface area contributed by atoms with E-state index < -0.39 is 18.4 Å². The molecule has 1 aromatic heterocycles. The molecule has 3 atom stereocenters. The molecule has 8 heteroatoms. The Balaban J connectivity index is 1.33. The smallest absolute Gasteiger partial charge is 0.258 e. The van der Waals surface area contributed by atoms with Gasteiger partial charge in [0.05, 0.1) is 11.2 Å². The number of aromatic nitrogens is 2. The molecule has 0 radical (unpaired) electrons. The number of nitrogens with one attached hydrogen (secondary N) is 2. The highest BCUT2D eigenvalue weighted by Crippen LogP contribution is 2.31. The molecule has 1 aliphatic rings. The number of ether oxygens (including phenoxy) is 2. The molecule has 36 heavy (non-hydrogen) atoms. The van der Waals surface area contributed by atoms with Gasteiger partial charge in [-0.15, -0.1) is 0 Å². The van der Waals surface area contributed by atoms with Gasteiger partial charge >= 0.3 is 0 Å². The highest BCUT2D eigenvalue weighted by atomic mass is 19.1. The van der Waals surface area contributed by atoms with Crippen molar-refractivity contribution in [2.75, 3.05) is 32.6 Å². The average Bonchev–Trinajstić information content (AvgIpc) is 3.30. The Labute approximate surface area is 209 Å². The fourth-order valence-electron chi connectivity index (χ4n) is 4.58. The first kappa shape index (κ1) is 24.0. The maximum absolute atomic E-state index is 14.3. The molecule has 4 aromatic rings. The number of fused-ring (bicyclic) bond motifs is 1. The van der Waals surface area contributed by atoms with Crippen molar-refractivity contribution in [1.82, 2.24) is 15.1 Å². The SMILES string of the molecule is CO[C@@H](C(=O)Nc1ccc2[nH]nc(-c3ccc(O[C@@H]4CCN(C)C[C@H]4F)cc3)c2c1)c1ccccc1. The topological polar surface area (TPSA) is 79.5 Å². The lowest BCUT2D eigenvalue weighted by Gasteiger charge is -2.32. The van der Waals surface area contributed by atoms with Gasteiger partial charge in [-0.2, -0.15) is 5.10 Å². The summed E-state index contributed by atoms with van der Waals surface area (Å²) in [5.74, 6) is 0.380. The third-order valence-corrected chi connectivity index (χ3v) is 6.51. The van der Waals surface area contributed by atoms with E-state index in [-0.39, 0.29) is 5.91 Å². The van der Waals surface area contributed by atoms with Gasteiger partial charge in [-0.05, 0) is 61.5 Å². The summed E-state index contributed by atoms with van der Waals surface area (Å²) < 4.78 is 25.7. The summed E-state index contributed by atoms with van der Waals surface area (Å²) in [6.07, 6.45) is -1.50. The van der Waals surface area contributed by atoms with E-state index in [1.807, 2.05) is 84.7 Å². The maximum Gasteiger partial charge on any atom is 0.258 e. The van der Waals surface area contributed by atoms with Crippen LogP contribution in [0, 0.1) is 0 Å². The van der Waals surface area contributed by atoms with E-state index in [0.29, 0.717) is 24.4 Å². The molecule has 1 aliphatic heterocycles. The monoisotopic (exact) mass is 488 g/mol. The number of alkyl halides is 1. The fourth-order valence-corrected chi connectivity index (χ4v) is 4.58. The summed E-state index contributed by atoms with van der Waals surface area (Å²) in [7, 11) is 3.43. The number of H-pyrrole nitrogens is 1. The number of likely N-dealkylation sites (tertiary alicyclic amines) is 1. The Morgan fingerprint density at radius 3 is 2.64 bits per heavy atom. The Kier molecular flexibility index (Phi) is 6.97. The first-order valence-corrected chi connectivity index (χ1v) is 12.0. The number of amides is 1. The molecule has 186 valence electrons. The van der Waals surface area contributed by atoms with Crippen LogP contribution in [0.25, 0.3) is 22.2 Å². The number of carbonyl (C=O) groups excluding carboxylic acids is 1. The molecule has 0 spiro atoms. The van der Waals surface area contributed by atoms with E-state index in [1.54, 1.807) is 0 Å². The second-order valence-corrected chi connectivity index (χ2v) is 9.10. The van der Waals surface area contributed by atoms with Gasteiger partial charge in [0.25, 0.3) is 5.91 Å². The van der Waals surface area contributed by atoms with Gasteiger partial charge in [0.2, 0.25) is 0 Å². The number of rotatable bonds is 7. The van der Waals surface area contributed by atoms with Crippen LogP contribution < -0.4 is 10.1 Å². The van der Waals surface area contributed by atoms with Gasteiger partial charge in [0.1, 0.15) is 18.0 Å². The molecular weight excluding hydrogens is 459 g/mol.